The highest BCUT2D eigenvalue weighted by Gasteiger charge is 2.30. The van der Waals surface area contributed by atoms with Crippen LogP contribution < -0.4 is 4.72 Å². The maximum absolute atomic E-state index is 12.6. The predicted molar refractivity (Wildman–Crippen MR) is 87.8 cm³/mol. The molecule has 7 heteroatoms. The van der Waals surface area contributed by atoms with Gasteiger partial charge in [-0.25, -0.2) is 13.1 Å². The number of carbonyl (C=O) groups is 1. The number of hydrogen-bond donors (Lipinski definition) is 1. The van der Waals surface area contributed by atoms with E-state index in [1.807, 2.05) is 11.8 Å². The molecular formula is C16H24N2O4S. The van der Waals surface area contributed by atoms with E-state index < -0.39 is 10.0 Å². The summed E-state index contributed by atoms with van der Waals surface area (Å²) in [6.07, 6.45) is 0.975. The number of carbonyl (C=O) groups excluding carboxylic acids is 1. The van der Waals surface area contributed by atoms with Gasteiger partial charge in [-0.05, 0) is 37.5 Å². The number of sulfonamides is 1. The Hall–Kier alpha value is -1.44. The summed E-state index contributed by atoms with van der Waals surface area (Å²) < 4.78 is 31.7. The van der Waals surface area contributed by atoms with Gasteiger partial charge in [0.2, 0.25) is 10.0 Å². The number of hydrogen-bond acceptors (Lipinski definition) is 4. The molecule has 128 valence electrons. The second kappa shape index (κ2) is 7.42. The van der Waals surface area contributed by atoms with Crippen LogP contribution in [0.5, 0.6) is 0 Å². The molecule has 1 aliphatic rings. The summed E-state index contributed by atoms with van der Waals surface area (Å²) in [5, 5.41) is 0. The summed E-state index contributed by atoms with van der Waals surface area (Å²) in [7, 11) is -2.13. The van der Waals surface area contributed by atoms with Gasteiger partial charge in [-0.2, -0.15) is 0 Å². The highest BCUT2D eigenvalue weighted by atomic mass is 32.2. The average molecular weight is 340 g/mol. The van der Waals surface area contributed by atoms with Crippen molar-refractivity contribution in [3.63, 3.8) is 0 Å². The van der Waals surface area contributed by atoms with Crippen LogP contribution in [0.25, 0.3) is 0 Å². The third kappa shape index (κ3) is 4.31. The molecule has 0 saturated carbocycles. The minimum absolute atomic E-state index is 0.0966. The molecule has 0 radical (unpaired) electrons. The lowest BCUT2D eigenvalue weighted by Gasteiger charge is -2.21. The van der Waals surface area contributed by atoms with E-state index in [1.165, 1.54) is 19.2 Å². The number of nitrogens with zero attached hydrogens (tertiary/aromatic N) is 1. The average Bonchev–Trinajstić information content (AvgIpc) is 2.85. The Morgan fingerprint density at radius 2 is 2.13 bits per heavy atom. The number of nitrogens with one attached hydrogen (secondary N) is 1. The normalized spacial score (nSPS) is 21.6. The molecular weight excluding hydrogens is 316 g/mol. The minimum atomic E-state index is -3.64. The first kappa shape index (κ1) is 17.9. The Kier molecular flexibility index (Phi) is 5.78. The van der Waals surface area contributed by atoms with Crippen LogP contribution >= 0.6 is 0 Å². The van der Waals surface area contributed by atoms with Crippen LogP contribution in [0.3, 0.4) is 0 Å². The van der Waals surface area contributed by atoms with Crippen molar-refractivity contribution in [1.82, 2.24) is 9.62 Å². The molecule has 0 bridgehead atoms. The van der Waals surface area contributed by atoms with E-state index in [4.69, 9.17) is 4.74 Å². The Balaban J connectivity index is 2.18. The van der Waals surface area contributed by atoms with Gasteiger partial charge in [0.25, 0.3) is 5.91 Å². The summed E-state index contributed by atoms with van der Waals surface area (Å²) >= 11 is 0. The molecule has 0 aromatic heterocycles. The van der Waals surface area contributed by atoms with Crippen LogP contribution in [0.2, 0.25) is 0 Å². The molecule has 0 spiro atoms. The minimum Gasteiger partial charge on any atom is -0.383 e. The molecule has 1 N–H and O–H groups in total. The van der Waals surface area contributed by atoms with Crippen molar-refractivity contribution in [2.45, 2.75) is 31.2 Å². The van der Waals surface area contributed by atoms with Crippen molar-refractivity contribution < 1.29 is 17.9 Å². The first-order valence-corrected chi connectivity index (χ1v) is 9.23. The van der Waals surface area contributed by atoms with Gasteiger partial charge in [-0.15, -0.1) is 0 Å². The van der Waals surface area contributed by atoms with E-state index in [9.17, 15) is 13.2 Å². The zero-order chi connectivity index (χ0) is 17.0. The highest BCUT2D eigenvalue weighted by molar-refractivity contribution is 7.89. The van der Waals surface area contributed by atoms with Crippen molar-refractivity contribution >= 4 is 15.9 Å². The van der Waals surface area contributed by atoms with E-state index in [2.05, 4.69) is 11.6 Å². The van der Waals surface area contributed by atoms with Crippen LogP contribution in [0.4, 0.5) is 0 Å². The van der Waals surface area contributed by atoms with Gasteiger partial charge in [0.1, 0.15) is 0 Å². The Labute approximate surface area is 137 Å². The van der Waals surface area contributed by atoms with Gasteiger partial charge in [-0.3, -0.25) is 4.79 Å². The Morgan fingerprint density at radius 1 is 1.39 bits per heavy atom. The first-order chi connectivity index (χ1) is 10.8. The SMILES string of the molecule is COCCNS(=O)(=O)c1cccc(C(=O)N2CC(C)CC2C)c1. The first-order valence-electron chi connectivity index (χ1n) is 7.75. The summed E-state index contributed by atoms with van der Waals surface area (Å²) in [5.74, 6) is 0.354. The summed E-state index contributed by atoms with van der Waals surface area (Å²) in [5.41, 5.74) is 0.403. The maximum atomic E-state index is 12.6. The fraction of sp³-hybridized carbons (Fsp3) is 0.562. The van der Waals surface area contributed by atoms with E-state index in [1.54, 1.807) is 12.1 Å². The number of amides is 1. The molecule has 1 aliphatic heterocycles. The van der Waals surface area contributed by atoms with Crippen molar-refractivity contribution in [3.05, 3.63) is 29.8 Å². The Morgan fingerprint density at radius 3 is 2.74 bits per heavy atom. The van der Waals surface area contributed by atoms with E-state index >= 15 is 0 Å². The Bertz CT molecular complexity index is 660. The quantitative estimate of drug-likeness (QED) is 0.796. The zero-order valence-electron chi connectivity index (χ0n) is 13.8. The molecule has 1 amide bonds. The van der Waals surface area contributed by atoms with Crippen LogP contribution in [-0.4, -0.2) is 52.1 Å². The largest absolute Gasteiger partial charge is 0.383 e. The number of likely N-dealkylation sites (tertiary alicyclic amines) is 1. The maximum Gasteiger partial charge on any atom is 0.254 e. The smallest absolute Gasteiger partial charge is 0.254 e. The van der Waals surface area contributed by atoms with Crippen LogP contribution in [0.1, 0.15) is 30.6 Å². The summed E-state index contributed by atoms with van der Waals surface area (Å²) in [6.45, 7) is 5.33. The predicted octanol–water partition coefficient (Wildman–Crippen LogP) is 1.48. The van der Waals surface area contributed by atoms with Gasteiger partial charge in [0.05, 0.1) is 11.5 Å². The van der Waals surface area contributed by atoms with Crippen LogP contribution in [-0.2, 0) is 14.8 Å². The molecule has 2 unspecified atom stereocenters. The molecule has 23 heavy (non-hydrogen) atoms. The summed E-state index contributed by atoms with van der Waals surface area (Å²) in [6, 6.07) is 6.36. The molecule has 1 saturated heterocycles. The highest BCUT2D eigenvalue weighted by Crippen LogP contribution is 2.24. The van der Waals surface area contributed by atoms with E-state index in [-0.39, 0.29) is 23.4 Å². The molecule has 2 atom stereocenters. The lowest BCUT2D eigenvalue weighted by atomic mass is 10.1. The van der Waals surface area contributed by atoms with Gasteiger partial charge < -0.3 is 9.64 Å². The second-order valence-electron chi connectivity index (χ2n) is 6.07. The van der Waals surface area contributed by atoms with Crippen molar-refractivity contribution in [3.8, 4) is 0 Å². The number of ether oxygens (including phenoxy) is 1. The van der Waals surface area contributed by atoms with Crippen LogP contribution in [0, 0.1) is 5.92 Å². The molecule has 1 heterocycles. The lowest BCUT2D eigenvalue weighted by molar-refractivity contribution is 0.0743. The third-order valence-corrected chi connectivity index (χ3v) is 5.49. The molecule has 1 aromatic rings. The molecule has 1 fully saturated rings. The van der Waals surface area contributed by atoms with Gasteiger partial charge in [0, 0.05) is 31.8 Å². The number of benzene rings is 1. The number of rotatable bonds is 6. The fourth-order valence-corrected chi connectivity index (χ4v) is 3.96. The zero-order valence-corrected chi connectivity index (χ0v) is 14.6. The van der Waals surface area contributed by atoms with Crippen LogP contribution in [0.15, 0.2) is 29.2 Å². The van der Waals surface area contributed by atoms with Gasteiger partial charge >= 0.3 is 0 Å². The van der Waals surface area contributed by atoms with Crippen molar-refractivity contribution in [2.24, 2.45) is 5.92 Å². The fourth-order valence-electron chi connectivity index (χ4n) is 2.91. The molecule has 1 aromatic carbocycles. The standard InChI is InChI=1S/C16H24N2O4S/c1-12-9-13(2)18(11-12)16(19)14-5-4-6-15(10-14)23(20,21)17-7-8-22-3/h4-6,10,12-13,17H,7-9,11H2,1-3H3. The van der Waals surface area contributed by atoms with Crippen molar-refractivity contribution in [1.29, 1.82) is 0 Å². The van der Waals surface area contributed by atoms with Gasteiger partial charge in [0.15, 0.2) is 0 Å². The monoisotopic (exact) mass is 340 g/mol. The van der Waals surface area contributed by atoms with Crippen molar-refractivity contribution in [2.75, 3.05) is 26.8 Å². The topological polar surface area (TPSA) is 75.7 Å². The van der Waals surface area contributed by atoms with E-state index in [0.29, 0.717) is 24.6 Å². The van der Waals surface area contributed by atoms with E-state index in [0.717, 1.165) is 6.42 Å². The summed E-state index contributed by atoms with van der Waals surface area (Å²) in [4.78, 5) is 14.5. The third-order valence-electron chi connectivity index (χ3n) is 4.03. The molecule has 6 nitrogen and oxygen atoms in total. The van der Waals surface area contributed by atoms with Gasteiger partial charge in [-0.1, -0.05) is 13.0 Å². The molecule has 0 aliphatic carbocycles. The second-order valence-corrected chi connectivity index (χ2v) is 7.83. The molecule has 2 rings (SSSR count). The number of methoxy groups -OCH3 is 1. The lowest BCUT2D eigenvalue weighted by Crippen LogP contribution is -2.34.